The third-order valence-electron chi connectivity index (χ3n) is 3.96. The molecule has 0 radical (unpaired) electrons. The highest BCUT2D eigenvalue weighted by molar-refractivity contribution is 9.09. The molecule has 0 N–H and O–H groups in total. The van der Waals surface area contributed by atoms with Gasteiger partial charge in [-0.3, -0.25) is 0 Å². The number of alkyl halides is 1. The Balaban J connectivity index is 2.36. The van der Waals surface area contributed by atoms with Crippen molar-refractivity contribution in [2.75, 3.05) is 16.8 Å². The molecule has 88 valence electrons. The Morgan fingerprint density at radius 3 is 2.69 bits per heavy atom. The van der Waals surface area contributed by atoms with Gasteiger partial charge in [0.15, 0.2) is 0 Å². The van der Waals surface area contributed by atoms with E-state index in [1.165, 1.54) is 17.7 Å². The van der Waals surface area contributed by atoms with Gasteiger partial charge in [-0.2, -0.15) is 0 Å². The molecule has 1 aromatic carbocycles. The first-order chi connectivity index (χ1) is 7.59. The van der Waals surface area contributed by atoms with Gasteiger partial charge in [-0.25, -0.2) is 0 Å². The molecule has 0 fully saturated rings. The van der Waals surface area contributed by atoms with Crippen LogP contribution >= 0.6 is 15.9 Å². The number of hydrogen-bond acceptors (Lipinski definition) is 1. The number of para-hydroxylation sites is 1. The van der Waals surface area contributed by atoms with Crippen LogP contribution in [-0.2, 0) is 0 Å². The van der Waals surface area contributed by atoms with E-state index in [1.54, 1.807) is 0 Å². The molecule has 1 nitrogen and oxygen atoms in total. The fraction of sp³-hybridized carbons (Fsp3) is 0.571. The molecular formula is C14H20BrN. The van der Waals surface area contributed by atoms with E-state index < -0.39 is 0 Å². The molecule has 1 aromatic rings. The summed E-state index contributed by atoms with van der Waals surface area (Å²) in [4.78, 5) is 2.56. The summed E-state index contributed by atoms with van der Waals surface area (Å²) in [7, 11) is 0. The zero-order valence-corrected chi connectivity index (χ0v) is 11.9. The lowest BCUT2D eigenvalue weighted by Crippen LogP contribution is -2.43. The zero-order valence-electron chi connectivity index (χ0n) is 10.3. The van der Waals surface area contributed by atoms with Crippen molar-refractivity contribution in [3.05, 3.63) is 29.8 Å². The molecule has 0 saturated heterocycles. The topological polar surface area (TPSA) is 3.24 Å². The molecule has 1 heterocycles. The number of anilines is 1. The maximum Gasteiger partial charge on any atom is 0.0412 e. The molecular weight excluding hydrogens is 262 g/mol. The minimum atomic E-state index is 0.242. The van der Waals surface area contributed by atoms with Crippen molar-refractivity contribution in [3.8, 4) is 0 Å². The second-order valence-electron chi connectivity index (χ2n) is 5.13. The molecule has 1 unspecified atom stereocenters. The summed E-state index contributed by atoms with van der Waals surface area (Å²) < 4.78 is 0. The Morgan fingerprint density at radius 2 is 2.00 bits per heavy atom. The van der Waals surface area contributed by atoms with Gasteiger partial charge in [0, 0.05) is 29.0 Å². The molecule has 1 aliphatic rings. The molecule has 0 spiro atoms. The molecule has 2 rings (SSSR count). The van der Waals surface area contributed by atoms with Crippen LogP contribution in [0, 0.1) is 0 Å². The molecule has 0 saturated carbocycles. The Kier molecular flexibility index (Phi) is 3.29. The number of benzene rings is 1. The normalized spacial score (nSPS) is 22.2. The van der Waals surface area contributed by atoms with E-state index in [0.29, 0.717) is 5.92 Å². The van der Waals surface area contributed by atoms with Gasteiger partial charge in [0.25, 0.3) is 0 Å². The molecule has 16 heavy (non-hydrogen) atoms. The van der Waals surface area contributed by atoms with E-state index in [2.05, 4.69) is 65.9 Å². The SMILES string of the molecule is CC1c2ccccc2N(CCCBr)C1(C)C. The van der Waals surface area contributed by atoms with E-state index >= 15 is 0 Å². The average Bonchev–Trinajstić information content (AvgIpc) is 2.46. The molecule has 2 heteroatoms. The van der Waals surface area contributed by atoms with Crippen molar-refractivity contribution in [2.24, 2.45) is 0 Å². The van der Waals surface area contributed by atoms with Crippen LogP contribution in [0.5, 0.6) is 0 Å². The predicted molar refractivity (Wildman–Crippen MR) is 74.7 cm³/mol. The number of rotatable bonds is 3. The summed E-state index contributed by atoms with van der Waals surface area (Å²) in [5.41, 5.74) is 3.18. The Hall–Kier alpha value is -0.500. The molecule has 0 amide bonds. The fourth-order valence-electron chi connectivity index (χ4n) is 2.65. The van der Waals surface area contributed by atoms with E-state index in [9.17, 15) is 0 Å². The Bertz CT molecular complexity index is 373. The first-order valence-electron chi connectivity index (χ1n) is 6.01. The summed E-state index contributed by atoms with van der Waals surface area (Å²) in [6.45, 7) is 8.18. The lowest BCUT2D eigenvalue weighted by atomic mass is 9.87. The van der Waals surface area contributed by atoms with Crippen molar-refractivity contribution in [1.29, 1.82) is 0 Å². The largest absolute Gasteiger partial charge is 0.366 e. The van der Waals surface area contributed by atoms with Crippen molar-refractivity contribution in [3.63, 3.8) is 0 Å². The van der Waals surface area contributed by atoms with E-state index in [4.69, 9.17) is 0 Å². The van der Waals surface area contributed by atoms with Crippen LogP contribution in [0.25, 0.3) is 0 Å². The quantitative estimate of drug-likeness (QED) is 0.752. The van der Waals surface area contributed by atoms with Gasteiger partial charge in [-0.15, -0.1) is 0 Å². The molecule has 1 aliphatic heterocycles. The van der Waals surface area contributed by atoms with Crippen LogP contribution in [0.3, 0.4) is 0 Å². The van der Waals surface area contributed by atoms with Gasteiger partial charge in [0.2, 0.25) is 0 Å². The smallest absolute Gasteiger partial charge is 0.0412 e. The standard InChI is InChI=1S/C14H20BrN/c1-11-12-7-4-5-8-13(12)16(10-6-9-15)14(11,2)3/h4-5,7-8,11H,6,9-10H2,1-3H3. The van der Waals surface area contributed by atoms with Crippen molar-refractivity contribution < 1.29 is 0 Å². The molecule has 0 aromatic heterocycles. The summed E-state index contributed by atoms with van der Waals surface area (Å²) >= 11 is 3.52. The lowest BCUT2D eigenvalue weighted by Gasteiger charge is -2.37. The predicted octanol–water partition coefficient (Wildman–Crippen LogP) is 4.17. The number of fused-ring (bicyclic) bond motifs is 1. The Labute approximate surface area is 107 Å². The summed E-state index contributed by atoms with van der Waals surface area (Å²) in [5.74, 6) is 0.610. The van der Waals surface area contributed by atoms with Gasteiger partial charge in [-0.1, -0.05) is 41.1 Å². The minimum Gasteiger partial charge on any atom is -0.366 e. The average molecular weight is 282 g/mol. The summed E-state index contributed by atoms with van der Waals surface area (Å²) in [6, 6.07) is 8.83. The van der Waals surface area contributed by atoms with Gasteiger partial charge in [0.1, 0.15) is 0 Å². The highest BCUT2D eigenvalue weighted by Gasteiger charge is 2.41. The first kappa shape index (κ1) is 12.0. The van der Waals surface area contributed by atoms with Crippen molar-refractivity contribution in [2.45, 2.75) is 38.6 Å². The second-order valence-corrected chi connectivity index (χ2v) is 5.92. The molecule has 1 atom stereocenters. The van der Waals surface area contributed by atoms with Gasteiger partial charge >= 0.3 is 0 Å². The minimum absolute atomic E-state index is 0.242. The summed E-state index contributed by atoms with van der Waals surface area (Å²) in [5, 5.41) is 1.08. The maximum atomic E-state index is 3.52. The summed E-state index contributed by atoms with van der Waals surface area (Å²) in [6.07, 6.45) is 1.20. The number of hydrogen-bond donors (Lipinski definition) is 0. The third-order valence-corrected chi connectivity index (χ3v) is 4.53. The third kappa shape index (κ3) is 1.77. The highest BCUT2D eigenvalue weighted by Crippen LogP contribution is 2.46. The van der Waals surface area contributed by atoms with Crippen molar-refractivity contribution in [1.82, 2.24) is 0 Å². The van der Waals surface area contributed by atoms with Gasteiger partial charge < -0.3 is 4.90 Å². The van der Waals surface area contributed by atoms with Crippen molar-refractivity contribution >= 4 is 21.6 Å². The van der Waals surface area contributed by atoms with E-state index in [-0.39, 0.29) is 5.54 Å². The fourth-order valence-corrected chi connectivity index (χ4v) is 2.90. The van der Waals surface area contributed by atoms with Crippen LogP contribution in [0.15, 0.2) is 24.3 Å². The van der Waals surface area contributed by atoms with Gasteiger partial charge in [0.05, 0.1) is 0 Å². The maximum absolute atomic E-state index is 3.52. The van der Waals surface area contributed by atoms with Crippen LogP contribution in [0.4, 0.5) is 5.69 Å². The monoisotopic (exact) mass is 281 g/mol. The number of halogens is 1. The van der Waals surface area contributed by atoms with Crippen LogP contribution in [0.1, 0.15) is 38.7 Å². The zero-order chi connectivity index (χ0) is 11.8. The van der Waals surface area contributed by atoms with Crippen LogP contribution < -0.4 is 4.90 Å². The molecule has 0 bridgehead atoms. The number of nitrogens with zero attached hydrogens (tertiary/aromatic N) is 1. The Morgan fingerprint density at radius 1 is 1.31 bits per heavy atom. The van der Waals surface area contributed by atoms with E-state index in [1.807, 2.05) is 0 Å². The van der Waals surface area contributed by atoms with Crippen LogP contribution in [-0.4, -0.2) is 17.4 Å². The molecule has 0 aliphatic carbocycles. The van der Waals surface area contributed by atoms with Gasteiger partial charge in [-0.05, 0) is 31.9 Å². The first-order valence-corrected chi connectivity index (χ1v) is 7.13. The second kappa shape index (κ2) is 4.40. The highest BCUT2D eigenvalue weighted by atomic mass is 79.9. The lowest BCUT2D eigenvalue weighted by molar-refractivity contribution is 0.423. The van der Waals surface area contributed by atoms with E-state index in [0.717, 1.165) is 11.9 Å². The van der Waals surface area contributed by atoms with Crippen LogP contribution in [0.2, 0.25) is 0 Å².